The molecule has 0 bridgehead atoms. The quantitative estimate of drug-likeness (QED) is 0.809. The number of aliphatic hydroxyl groups is 1. The molecule has 3 nitrogen and oxygen atoms in total. The number of benzene rings is 1. The zero-order valence-corrected chi connectivity index (χ0v) is 11.1. The monoisotopic (exact) mass is 255 g/mol. The van der Waals surface area contributed by atoms with E-state index in [1.807, 2.05) is 20.8 Å². The van der Waals surface area contributed by atoms with Crippen LogP contribution in [0.2, 0.25) is 5.02 Å². The van der Waals surface area contributed by atoms with Crippen molar-refractivity contribution in [2.24, 2.45) is 0 Å². The molecule has 94 valence electrons. The van der Waals surface area contributed by atoms with E-state index in [1.165, 1.54) is 0 Å². The highest BCUT2D eigenvalue weighted by atomic mass is 35.5. The molecular formula is C13H18ClNO2. The Bertz CT molecular complexity index is 404. The Kier molecular flexibility index (Phi) is 3.21. The maximum atomic E-state index is 10.6. The lowest BCUT2D eigenvalue weighted by Gasteiger charge is -2.46. The van der Waals surface area contributed by atoms with Crippen LogP contribution in [0.5, 0.6) is 0 Å². The third-order valence-corrected chi connectivity index (χ3v) is 3.36. The summed E-state index contributed by atoms with van der Waals surface area (Å²) in [7, 11) is 0. The van der Waals surface area contributed by atoms with Crippen LogP contribution >= 0.6 is 11.6 Å². The van der Waals surface area contributed by atoms with Crippen molar-refractivity contribution in [3.63, 3.8) is 0 Å². The van der Waals surface area contributed by atoms with E-state index in [0.717, 1.165) is 5.56 Å². The lowest BCUT2D eigenvalue weighted by Crippen LogP contribution is -2.63. The summed E-state index contributed by atoms with van der Waals surface area (Å²) in [6, 6.07) is 6.90. The summed E-state index contributed by atoms with van der Waals surface area (Å²) in [4.78, 5) is 0. The lowest BCUT2D eigenvalue weighted by molar-refractivity contribution is -0.263. The number of rotatable bonds is 1. The third-order valence-electron chi connectivity index (χ3n) is 3.11. The average molecular weight is 256 g/mol. The maximum Gasteiger partial charge on any atom is 0.208 e. The molecule has 2 unspecified atom stereocenters. The predicted molar refractivity (Wildman–Crippen MR) is 68.0 cm³/mol. The van der Waals surface area contributed by atoms with E-state index in [-0.39, 0.29) is 11.6 Å². The van der Waals surface area contributed by atoms with Gasteiger partial charge in [0.1, 0.15) is 0 Å². The van der Waals surface area contributed by atoms with Gasteiger partial charge in [0, 0.05) is 16.1 Å². The van der Waals surface area contributed by atoms with Crippen LogP contribution in [-0.2, 0) is 10.5 Å². The van der Waals surface area contributed by atoms with Crippen LogP contribution in [0.15, 0.2) is 24.3 Å². The van der Waals surface area contributed by atoms with Gasteiger partial charge in [0.2, 0.25) is 5.79 Å². The Hall–Kier alpha value is -0.610. The van der Waals surface area contributed by atoms with Crippen molar-refractivity contribution in [1.82, 2.24) is 5.32 Å². The van der Waals surface area contributed by atoms with E-state index >= 15 is 0 Å². The maximum absolute atomic E-state index is 10.6. The summed E-state index contributed by atoms with van der Waals surface area (Å²) < 4.78 is 5.67. The Morgan fingerprint density at radius 2 is 1.94 bits per heavy atom. The first-order valence-corrected chi connectivity index (χ1v) is 6.11. The fourth-order valence-electron chi connectivity index (χ4n) is 2.16. The van der Waals surface area contributed by atoms with Crippen LogP contribution in [0.3, 0.4) is 0 Å². The van der Waals surface area contributed by atoms with Gasteiger partial charge in [-0.3, -0.25) is 0 Å². The van der Waals surface area contributed by atoms with Crippen LogP contribution < -0.4 is 5.32 Å². The molecule has 0 saturated carbocycles. The summed E-state index contributed by atoms with van der Waals surface area (Å²) in [5.41, 5.74) is 0.593. The van der Waals surface area contributed by atoms with Crippen molar-refractivity contribution in [2.75, 3.05) is 6.61 Å². The Balaban J connectivity index is 2.28. The van der Waals surface area contributed by atoms with Crippen molar-refractivity contribution in [2.45, 2.75) is 38.1 Å². The van der Waals surface area contributed by atoms with Gasteiger partial charge in [-0.2, -0.15) is 0 Å². The average Bonchev–Trinajstić information content (AvgIpc) is 2.25. The topological polar surface area (TPSA) is 41.5 Å². The summed E-state index contributed by atoms with van der Waals surface area (Å²) in [5, 5.41) is 14.6. The van der Waals surface area contributed by atoms with Crippen molar-refractivity contribution in [3.8, 4) is 0 Å². The van der Waals surface area contributed by atoms with Gasteiger partial charge in [0.15, 0.2) is 0 Å². The second-order valence-corrected chi connectivity index (χ2v) is 5.68. The minimum Gasteiger partial charge on any atom is -0.361 e. The van der Waals surface area contributed by atoms with Gasteiger partial charge in [0.05, 0.1) is 12.6 Å². The summed E-state index contributed by atoms with van der Waals surface area (Å²) in [6.45, 7) is 6.46. The smallest absolute Gasteiger partial charge is 0.208 e. The first-order valence-electron chi connectivity index (χ1n) is 5.74. The fourth-order valence-corrected chi connectivity index (χ4v) is 2.29. The van der Waals surface area contributed by atoms with Crippen molar-refractivity contribution in [3.05, 3.63) is 34.9 Å². The molecule has 1 aliphatic heterocycles. The Morgan fingerprint density at radius 1 is 1.35 bits per heavy atom. The number of halogens is 1. The molecule has 2 N–H and O–H groups in total. The molecule has 0 spiro atoms. The van der Waals surface area contributed by atoms with Crippen LogP contribution in [0.1, 0.15) is 26.3 Å². The van der Waals surface area contributed by atoms with Crippen LogP contribution in [0, 0.1) is 0 Å². The molecule has 2 rings (SSSR count). The Morgan fingerprint density at radius 3 is 2.47 bits per heavy atom. The number of morpholine rings is 1. The predicted octanol–water partition coefficient (Wildman–Crippen LogP) is 2.27. The zero-order valence-electron chi connectivity index (χ0n) is 10.3. The van der Waals surface area contributed by atoms with E-state index in [4.69, 9.17) is 16.3 Å². The number of nitrogens with one attached hydrogen (secondary N) is 1. The summed E-state index contributed by atoms with van der Waals surface area (Å²) >= 11 is 5.84. The molecule has 1 fully saturated rings. The van der Waals surface area contributed by atoms with Gasteiger partial charge >= 0.3 is 0 Å². The number of hydrogen-bond donors (Lipinski definition) is 2. The molecule has 0 radical (unpaired) electrons. The van der Waals surface area contributed by atoms with Gasteiger partial charge < -0.3 is 15.2 Å². The molecule has 1 saturated heterocycles. The highest BCUT2D eigenvalue weighted by molar-refractivity contribution is 6.30. The molecule has 4 heteroatoms. The highest BCUT2D eigenvalue weighted by Gasteiger charge is 2.44. The molecule has 1 aliphatic rings. The lowest BCUT2D eigenvalue weighted by atomic mass is 9.93. The molecule has 1 aromatic rings. The first-order chi connectivity index (χ1) is 7.83. The third kappa shape index (κ3) is 2.47. The van der Waals surface area contributed by atoms with Gasteiger partial charge in [0.25, 0.3) is 0 Å². The van der Waals surface area contributed by atoms with Gasteiger partial charge in [-0.25, -0.2) is 0 Å². The number of hydrogen-bond acceptors (Lipinski definition) is 3. The molecule has 2 atom stereocenters. The molecule has 0 amide bonds. The standard InChI is InChI=1S/C13H18ClNO2/c1-9-13(16,17-8-12(2,3)15-9)10-4-6-11(14)7-5-10/h4-7,9,15-16H,8H2,1-3H3. The second-order valence-electron chi connectivity index (χ2n) is 5.24. The van der Waals surface area contributed by atoms with Gasteiger partial charge in [-0.1, -0.05) is 23.7 Å². The minimum atomic E-state index is -1.29. The molecule has 0 aromatic heterocycles. The van der Waals surface area contributed by atoms with Crippen LogP contribution in [-0.4, -0.2) is 23.3 Å². The van der Waals surface area contributed by atoms with Crippen molar-refractivity contribution < 1.29 is 9.84 Å². The molecule has 1 aromatic carbocycles. The van der Waals surface area contributed by atoms with Crippen molar-refractivity contribution >= 4 is 11.6 Å². The van der Waals surface area contributed by atoms with Crippen LogP contribution in [0.25, 0.3) is 0 Å². The minimum absolute atomic E-state index is 0.127. The zero-order chi connectivity index (χ0) is 12.7. The fraction of sp³-hybridized carbons (Fsp3) is 0.538. The largest absolute Gasteiger partial charge is 0.361 e. The van der Waals surface area contributed by atoms with Crippen molar-refractivity contribution in [1.29, 1.82) is 0 Å². The van der Waals surface area contributed by atoms with Gasteiger partial charge in [-0.15, -0.1) is 0 Å². The molecular weight excluding hydrogens is 238 g/mol. The Labute approximate surface area is 107 Å². The molecule has 0 aliphatic carbocycles. The molecule has 17 heavy (non-hydrogen) atoms. The normalized spacial score (nSPS) is 32.4. The summed E-state index contributed by atoms with van der Waals surface area (Å²) in [5.74, 6) is -1.29. The van der Waals surface area contributed by atoms with Crippen LogP contribution in [0.4, 0.5) is 0 Å². The van der Waals surface area contributed by atoms with E-state index in [0.29, 0.717) is 11.6 Å². The molecule has 1 heterocycles. The van der Waals surface area contributed by atoms with E-state index < -0.39 is 5.79 Å². The SMILES string of the molecule is CC1NC(C)(C)COC1(O)c1ccc(Cl)cc1. The van der Waals surface area contributed by atoms with E-state index in [2.05, 4.69) is 5.32 Å². The van der Waals surface area contributed by atoms with E-state index in [9.17, 15) is 5.11 Å². The second kappa shape index (κ2) is 4.25. The van der Waals surface area contributed by atoms with E-state index in [1.54, 1.807) is 24.3 Å². The van der Waals surface area contributed by atoms with Gasteiger partial charge in [-0.05, 0) is 32.9 Å². The summed E-state index contributed by atoms with van der Waals surface area (Å²) in [6.07, 6.45) is 0. The number of ether oxygens (including phenoxy) is 1. The first kappa shape index (κ1) is 12.8. The highest BCUT2D eigenvalue weighted by Crippen LogP contribution is 2.33.